The third kappa shape index (κ3) is 2.39. The maximum atomic E-state index is 13.3. The number of halogens is 4. The normalized spacial score (nSPS) is 10.5. The van der Waals surface area contributed by atoms with Crippen LogP contribution in [0.1, 0.15) is 9.67 Å². The molecule has 0 atom stereocenters. The highest BCUT2D eigenvalue weighted by Crippen LogP contribution is 2.26. The largest absolute Gasteiger partial charge is 0.397 e. The Bertz CT molecular complexity index is 630. The van der Waals surface area contributed by atoms with Crippen molar-refractivity contribution in [3.63, 3.8) is 0 Å². The molecule has 0 unspecified atom stereocenters. The molecule has 0 saturated heterocycles. The Morgan fingerprint density at radius 3 is 2.21 bits per heavy atom. The molecule has 2 rings (SSSR count). The van der Waals surface area contributed by atoms with Crippen molar-refractivity contribution in [3.8, 4) is 0 Å². The molecule has 100 valence electrons. The van der Waals surface area contributed by atoms with Gasteiger partial charge in [0.2, 0.25) is 0 Å². The van der Waals surface area contributed by atoms with Gasteiger partial charge in [-0.25, -0.2) is 17.6 Å². The summed E-state index contributed by atoms with van der Waals surface area (Å²) < 4.78 is 52.5. The van der Waals surface area contributed by atoms with E-state index in [9.17, 15) is 22.4 Å². The molecule has 3 N–H and O–H groups in total. The summed E-state index contributed by atoms with van der Waals surface area (Å²) in [5, 5.41) is 3.25. The van der Waals surface area contributed by atoms with Crippen LogP contribution in [0.5, 0.6) is 0 Å². The van der Waals surface area contributed by atoms with E-state index >= 15 is 0 Å². The van der Waals surface area contributed by atoms with Gasteiger partial charge in [-0.05, 0) is 11.4 Å². The minimum Gasteiger partial charge on any atom is -0.397 e. The van der Waals surface area contributed by atoms with Crippen molar-refractivity contribution in [2.75, 3.05) is 11.1 Å². The van der Waals surface area contributed by atoms with E-state index in [1.165, 1.54) is 11.4 Å². The third-order valence-corrected chi connectivity index (χ3v) is 3.18. The van der Waals surface area contributed by atoms with Gasteiger partial charge in [0.25, 0.3) is 5.91 Å². The third-order valence-electron chi connectivity index (χ3n) is 2.25. The molecule has 2 aromatic rings. The van der Waals surface area contributed by atoms with E-state index in [0.29, 0.717) is 0 Å². The van der Waals surface area contributed by atoms with Crippen LogP contribution in [-0.2, 0) is 0 Å². The number of carbonyl (C=O) groups excluding carboxylic acids is 1. The molecule has 8 heteroatoms. The number of carbonyl (C=O) groups is 1. The zero-order valence-electron chi connectivity index (χ0n) is 9.14. The van der Waals surface area contributed by atoms with Crippen molar-refractivity contribution >= 4 is 28.6 Å². The van der Waals surface area contributed by atoms with Crippen LogP contribution in [-0.4, -0.2) is 5.91 Å². The van der Waals surface area contributed by atoms with Crippen LogP contribution in [0.25, 0.3) is 0 Å². The molecule has 0 spiro atoms. The Morgan fingerprint density at radius 2 is 1.74 bits per heavy atom. The predicted molar refractivity (Wildman–Crippen MR) is 63.0 cm³/mol. The molecule has 0 aliphatic carbocycles. The lowest BCUT2D eigenvalue weighted by atomic mass is 10.2. The highest BCUT2D eigenvalue weighted by Gasteiger charge is 2.22. The fraction of sp³-hybridized carbons (Fsp3) is 0. The lowest BCUT2D eigenvalue weighted by Crippen LogP contribution is -2.15. The Balaban J connectivity index is 2.40. The maximum absolute atomic E-state index is 13.3. The summed E-state index contributed by atoms with van der Waals surface area (Å²) in [6, 6.07) is 1.47. The Kier molecular flexibility index (Phi) is 3.43. The minimum absolute atomic E-state index is 0.0107. The van der Waals surface area contributed by atoms with Crippen molar-refractivity contribution in [3.05, 3.63) is 45.7 Å². The van der Waals surface area contributed by atoms with Crippen molar-refractivity contribution < 1.29 is 22.4 Å². The van der Waals surface area contributed by atoms with Crippen LogP contribution in [0.4, 0.5) is 28.9 Å². The molecule has 1 aromatic heterocycles. The number of rotatable bonds is 2. The van der Waals surface area contributed by atoms with E-state index in [0.717, 1.165) is 11.3 Å². The molecule has 0 bridgehead atoms. The quantitative estimate of drug-likeness (QED) is 0.659. The monoisotopic (exact) mass is 290 g/mol. The summed E-state index contributed by atoms with van der Waals surface area (Å²) in [7, 11) is 0. The number of nitrogens with two attached hydrogens (primary N) is 1. The van der Waals surface area contributed by atoms with Crippen LogP contribution < -0.4 is 11.1 Å². The lowest BCUT2D eigenvalue weighted by molar-refractivity contribution is 0.103. The number of nitrogen functional groups attached to an aromatic ring is 1. The highest BCUT2D eigenvalue weighted by molar-refractivity contribution is 7.12. The second-order valence-corrected chi connectivity index (χ2v) is 4.42. The molecule has 0 fully saturated rings. The number of nitrogens with one attached hydrogen (secondary N) is 1. The standard InChI is InChI=1S/C11H6F4N2OS/c12-4-3-5(13)8(15)9(7(4)14)17-11(18)10-6(16)1-2-19-10/h1-3H,16H2,(H,17,18). The number of thiophene rings is 1. The molecule has 0 aliphatic heterocycles. The van der Waals surface area contributed by atoms with E-state index in [1.807, 2.05) is 0 Å². The summed E-state index contributed by atoms with van der Waals surface area (Å²) >= 11 is 0.928. The SMILES string of the molecule is Nc1ccsc1C(=O)Nc1c(F)c(F)cc(F)c1F. The van der Waals surface area contributed by atoms with Crippen LogP contribution in [0, 0.1) is 23.3 Å². The molecule has 1 aromatic carbocycles. The fourth-order valence-corrected chi connectivity index (χ4v) is 2.07. The van der Waals surface area contributed by atoms with Gasteiger partial charge >= 0.3 is 0 Å². The number of anilines is 2. The van der Waals surface area contributed by atoms with Crippen LogP contribution in [0.3, 0.4) is 0 Å². The minimum atomic E-state index is -1.68. The van der Waals surface area contributed by atoms with Gasteiger partial charge in [0.1, 0.15) is 10.6 Å². The van der Waals surface area contributed by atoms with Crippen molar-refractivity contribution in [2.45, 2.75) is 0 Å². The first-order valence-corrected chi connectivity index (χ1v) is 5.77. The van der Waals surface area contributed by atoms with E-state index in [1.54, 1.807) is 5.32 Å². The second kappa shape index (κ2) is 4.88. The summed E-state index contributed by atoms with van der Waals surface area (Å²) in [6.45, 7) is 0. The van der Waals surface area contributed by atoms with E-state index in [4.69, 9.17) is 5.73 Å². The van der Waals surface area contributed by atoms with Gasteiger partial charge in [-0.3, -0.25) is 4.79 Å². The summed E-state index contributed by atoms with van der Waals surface area (Å²) in [4.78, 5) is 11.7. The second-order valence-electron chi connectivity index (χ2n) is 3.50. The van der Waals surface area contributed by atoms with Crippen LogP contribution in [0.2, 0.25) is 0 Å². The topological polar surface area (TPSA) is 55.1 Å². The Labute approximate surface area is 108 Å². The highest BCUT2D eigenvalue weighted by atomic mass is 32.1. The molecule has 3 nitrogen and oxygen atoms in total. The molecular formula is C11H6F4N2OS. The maximum Gasteiger partial charge on any atom is 0.268 e. The molecule has 1 amide bonds. The molecule has 0 radical (unpaired) electrons. The summed E-state index contributed by atoms with van der Waals surface area (Å²) in [5.74, 6) is -7.51. The molecule has 0 saturated carbocycles. The molecular weight excluding hydrogens is 284 g/mol. The lowest BCUT2D eigenvalue weighted by Gasteiger charge is -2.08. The first kappa shape index (κ1) is 13.3. The van der Waals surface area contributed by atoms with Crippen LogP contribution in [0.15, 0.2) is 17.5 Å². The van der Waals surface area contributed by atoms with Crippen molar-refractivity contribution in [2.24, 2.45) is 0 Å². The van der Waals surface area contributed by atoms with Crippen LogP contribution >= 0.6 is 11.3 Å². The summed E-state index contributed by atoms with van der Waals surface area (Å²) in [5.41, 5.74) is 4.36. The number of hydrogen-bond donors (Lipinski definition) is 2. The summed E-state index contributed by atoms with van der Waals surface area (Å²) in [6.07, 6.45) is 0. The first-order valence-electron chi connectivity index (χ1n) is 4.89. The average molecular weight is 290 g/mol. The molecule has 1 heterocycles. The average Bonchev–Trinajstić information content (AvgIpc) is 2.78. The zero-order valence-corrected chi connectivity index (χ0v) is 9.95. The Morgan fingerprint density at radius 1 is 1.16 bits per heavy atom. The van der Waals surface area contributed by atoms with Crippen molar-refractivity contribution in [1.82, 2.24) is 0 Å². The number of amides is 1. The predicted octanol–water partition coefficient (Wildman–Crippen LogP) is 3.14. The molecule has 0 aliphatic rings. The van der Waals surface area contributed by atoms with Gasteiger partial charge in [-0.1, -0.05) is 0 Å². The smallest absolute Gasteiger partial charge is 0.268 e. The van der Waals surface area contributed by atoms with Gasteiger partial charge in [-0.15, -0.1) is 11.3 Å². The molecule has 19 heavy (non-hydrogen) atoms. The number of hydrogen-bond acceptors (Lipinski definition) is 3. The first-order chi connectivity index (χ1) is 8.91. The van der Waals surface area contributed by atoms with E-state index < -0.39 is 34.9 Å². The van der Waals surface area contributed by atoms with Gasteiger partial charge in [-0.2, -0.15) is 0 Å². The number of benzene rings is 1. The van der Waals surface area contributed by atoms with Gasteiger partial charge in [0.15, 0.2) is 23.3 Å². The van der Waals surface area contributed by atoms with E-state index in [-0.39, 0.29) is 16.6 Å². The van der Waals surface area contributed by atoms with Gasteiger partial charge in [0, 0.05) is 6.07 Å². The van der Waals surface area contributed by atoms with Gasteiger partial charge in [0.05, 0.1) is 5.69 Å². The van der Waals surface area contributed by atoms with E-state index in [2.05, 4.69) is 0 Å². The van der Waals surface area contributed by atoms with Crippen molar-refractivity contribution in [1.29, 1.82) is 0 Å². The fourth-order valence-electron chi connectivity index (χ4n) is 1.36. The van der Waals surface area contributed by atoms with Gasteiger partial charge < -0.3 is 11.1 Å². The zero-order chi connectivity index (χ0) is 14.2. The Hall–Kier alpha value is -2.09.